The van der Waals surface area contributed by atoms with Crippen molar-refractivity contribution in [3.8, 4) is 0 Å². The van der Waals surface area contributed by atoms with Gasteiger partial charge < -0.3 is 0 Å². The molecule has 2 aromatic carbocycles. The minimum absolute atomic E-state index is 0.0771. The van der Waals surface area contributed by atoms with Crippen molar-refractivity contribution in [3.05, 3.63) is 68.8 Å². The van der Waals surface area contributed by atoms with E-state index in [1.807, 2.05) is 0 Å². The van der Waals surface area contributed by atoms with Crippen molar-refractivity contribution in [1.82, 2.24) is 5.32 Å². The second kappa shape index (κ2) is 5.13. The molecule has 19 heavy (non-hydrogen) atoms. The molecule has 0 bridgehead atoms. The molecule has 0 fully saturated rings. The summed E-state index contributed by atoms with van der Waals surface area (Å²) in [6, 6.07) is 11.5. The van der Waals surface area contributed by atoms with Crippen LogP contribution in [0.1, 0.15) is 0 Å². The van der Waals surface area contributed by atoms with Gasteiger partial charge in [-0.25, -0.2) is 5.32 Å². The average Bonchev–Trinajstić information content (AvgIpc) is 2.39. The molecule has 7 heteroatoms. The van der Waals surface area contributed by atoms with Gasteiger partial charge in [-0.1, -0.05) is 12.1 Å². The number of rotatable bonds is 4. The summed E-state index contributed by atoms with van der Waals surface area (Å²) in [4.78, 5) is 20.2. The second-order valence-electron chi connectivity index (χ2n) is 3.67. The molecule has 0 N–H and O–H groups in total. The van der Waals surface area contributed by atoms with E-state index in [4.69, 9.17) is 0 Å². The first-order valence-corrected chi connectivity index (χ1v) is 5.27. The van der Waals surface area contributed by atoms with Gasteiger partial charge >= 0.3 is 0 Å². The molecule has 2 aromatic rings. The summed E-state index contributed by atoms with van der Waals surface area (Å²) < 4.78 is 0. The zero-order valence-electron chi connectivity index (χ0n) is 9.59. The van der Waals surface area contributed by atoms with Crippen molar-refractivity contribution in [2.75, 3.05) is 0 Å². The lowest BCUT2D eigenvalue weighted by atomic mass is 10.2. The van der Waals surface area contributed by atoms with Gasteiger partial charge in [0.05, 0.1) is 21.2 Å². The van der Waals surface area contributed by atoms with Crippen LogP contribution in [0.4, 0.5) is 22.7 Å². The van der Waals surface area contributed by atoms with Crippen LogP contribution in [0.3, 0.4) is 0 Å². The third-order valence-electron chi connectivity index (χ3n) is 2.34. The van der Waals surface area contributed by atoms with Gasteiger partial charge in [0.2, 0.25) is 0 Å². The first kappa shape index (κ1) is 12.5. The van der Waals surface area contributed by atoms with Crippen molar-refractivity contribution in [3.63, 3.8) is 0 Å². The highest BCUT2D eigenvalue weighted by Crippen LogP contribution is 2.24. The maximum absolute atomic E-state index is 10.6. The van der Waals surface area contributed by atoms with E-state index in [0.717, 1.165) is 0 Å². The number of non-ortho nitro benzene ring substituents is 2. The SMILES string of the molecule is O=[N+]([O-])c1cccc([N]c2cccc([N+](=O)[O-])c2)c1. The molecule has 0 aliphatic carbocycles. The molecule has 7 nitrogen and oxygen atoms in total. The molecule has 95 valence electrons. The Morgan fingerprint density at radius 3 is 1.58 bits per heavy atom. The molecular weight excluding hydrogens is 250 g/mol. The Morgan fingerprint density at radius 1 is 0.789 bits per heavy atom. The Morgan fingerprint density at radius 2 is 1.21 bits per heavy atom. The maximum atomic E-state index is 10.6. The fourth-order valence-electron chi connectivity index (χ4n) is 1.50. The summed E-state index contributed by atoms with van der Waals surface area (Å²) >= 11 is 0. The van der Waals surface area contributed by atoms with Gasteiger partial charge in [0, 0.05) is 24.3 Å². The minimum atomic E-state index is -0.521. The molecule has 0 saturated carbocycles. The maximum Gasteiger partial charge on any atom is 0.271 e. The van der Waals surface area contributed by atoms with E-state index in [9.17, 15) is 20.2 Å². The smallest absolute Gasteiger partial charge is 0.258 e. The van der Waals surface area contributed by atoms with Crippen LogP contribution in [0.15, 0.2) is 48.5 Å². The molecule has 0 atom stereocenters. The normalized spacial score (nSPS) is 9.89. The minimum Gasteiger partial charge on any atom is -0.258 e. The highest BCUT2D eigenvalue weighted by atomic mass is 16.6. The van der Waals surface area contributed by atoms with Crippen LogP contribution < -0.4 is 5.32 Å². The van der Waals surface area contributed by atoms with Gasteiger partial charge in [0.25, 0.3) is 11.4 Å². The van der Waals surface area contributed by atoms with Gasteiger partial charge in [0.1, 0.15) is 0 Å². The molecule has 0 aromatic heterocycles. The highest BCUT2D eigenvalue weighted by molar-refractivity contribution is 5.55. The molecule has 1 radical (unpaired) electrons. The molecular formula is C12H8N3O4. The van der Waals surface area contributed by atoms with E-state index >= 15 is 0 Å². The lowest BCUT2D eigenvalue weighted by Crippen LogP contribution is -1.93. The molecule has 0 saturated heterocycles. The van der Waals surface area contributed by atoms with Crippen LogP contribution in [0.2, 0.25) is 0 Å². The van der Waals surface area contributed by atoms with E-state index in [1.54, 1.807) is 12.1 Å². The Bertz CT molecular complexity index is 587. The Hall–Kier alpha value is -2.96. The molecule has 2 rings (SSSR count). The summed E-state index contributed by atoms with van der Waals surface area (Å²) in [5.41, 5.74) is 0.586. The largest absolute Gasteiger partial charge is 0.271 e. The number of hydrogen-bond donors (Lipinski definition) is 0. The predicted molar refractivity (Wildman–Crippen MR) is 67.6 cm³/mol. The second-order valence-corrected chi connectivity index (χ2v) is 3.67. The van der Waals surface area contributed by atoms with Crippen molar-refractivity contribution >= 4 is 22.7 Å². The van der Waals surface area contributed by atoms with Crippen molar-refractivity contribution in [1.29, 1.82) is 0 Å². The van der Waals surface area contributed by atoms with Crippen LogP contribution in [0.5, 0.6) is 0 Å². The monoisotopic (exact) mass is 258 g/mol. The van der Waals surface area contributed by atoms with Crippen molar-refractivity contribution < 1.29 is 9.85 Å². The number of nitrogens with zero attached hydrogens (tertiary/aromatic N) is 3. The summed E-state index contributed by atoms with van der Waals surface area (Å²) in [7, 11) is 0. The molecule has 0 heterocycles. The predicted octanol–water partition coefficient (Wildman–Crippen LogP) is 3.07. The third kappa shape index (κ3) is 3.03. The summed E-state index contributed by atoms with van der Waals surface area (Å²) in [6.07, 6.45) is 0. The van der Waals surface area contributed by atoms with Crippen LogP contribution in [-0.2, 0) is 0 Å². The molecule has 0 unspecified atom stereocenters. The van der Waals surface area contributed by atoms with Crippen molar-refractivity contribution in [2.45, 2.75) is 0 Å². The fraction of sp³-hybridized carbons (Fsp3) is 0. The topological polar surface area (TPSA) is 100 Å². The van der Waals surface area contributed by atoms with Crippen LogP contribution in [0.25, 0.3) is 0 Å². The van der Waals surface area contributed by atoms with Crippen LogP contribution in [0, 0.1) is 20.2 Å². The first-order valence-electron chi connectivity index (χ1n) is 5.27. The first-order chi connectivity index (χ1) is 9.06. The number of hydrogen-bond acceptors (Lipinski definition) is 4. The van der Waals surface area contributed by atoms with Crippen LogP contribution >= 0.6 is 0 Å². The van der Waals surface area contributed by atoms with E-state index < -0.39 is 9.85 Å². The Balaban J connectivity index is 2.26. The van der Waals surface area contributed by atoms with E-state index in [2.05, 4.69) is 5.32 Å². The summed E-state index contributed by atoms with van der Waals surface area (Å²) in [5, 5.41) is 25.4. The Kier molecular flexibility index (Phi) is 3.37. The standard InChI is InChI=1S/C12H8N3O4/c16-14(17)11-5-1-3-9(7-11)13-10-4-2-6-12(8-10)15(18)19/h1-8H. The quantitative estimate of drug-likeness (QED) is 0.621. The van der Waals surface area contributed by atoms with Crippen LogP contribution in [-0.4, -0.2) is 9.85 Å². The van der Waals surface area contributed by atoms with Crippen molar-refractivity contribution in [2.24, 2.45) is 0 Å². The number of nitro groups is 2. The lowest BCUT2D eigenvalue weighted by molar-refractivity contribution is -0.384. The van der Waals surface area contributed by atoms with E-state index in [1.165, 1.54) is 36.4 Å². The Labute approximate surface area is 107 Å². The van der Waals surface area contributed by atoms with Gasteiger partial charge in [-0.2, -0.15) is 0 Å². The fourth-order valence-corrected chi connectivity index (χ4v) is 1.50. The zero-order chi connectivity index (χ0) is 13.8. The van der Waals surface area contributed by atoms with Gasteiger partial charge in [-0.3, -0.25) is 20.2 Å². The summed E-state index contributed by atoms with van der Waals surface area (Å²) in [5.74, 6) is 0. The lowest BCUT2D eigenvalue weighted by Gasteiger charge is -2.02. The number of benzene rings is 2. The molecule has 0 amide bonds. The van der Waals surface area contributed by atoms with Gasteiger partial charge in [-0.05, 0) is 12.1 Å². The zero-order valence-corrected chi connectivity index (χ0v) is 9.59. The van der Waals surface area contributed by atoms with Gasteiger partial charge in [-0.15, -0.1) is 0 Å². The summed E-state index contributed by atoms with van der Waals surface area (Å²) in [6.45, 7) is 0. The number of nitro benzene ring substituents is 2. The highest BCUT2D eigenvalue weighted by Gasteiger charge is 2.09. The third-order valence-corrected chi connectivity index (χ3v) is 2.34. The van der Waals surface area contributed by atoms with E-state index in [0.29, 0.717) is 11.4 Å². The molecule has 0 aliphatic heterocycles. The molecule has 0 aliphatic rings. The average molecular weight is 258 g/mol. The molecule has 0 spiro atoms. The van der Waals surface area contributed by atoms with E-state index in [-0.39, 0.29) is 11.4 Å². The van der Waals surface area contributed by atoms with Gasteiger partial charge in [0.15, 0.2) is 0 Å².